The summed E-state index contributed by atoms with van der Waals surface area (Å²) < 4.78 is 65.3. The molecule has 13 heteroatoms. The molecule has 1 aromatic rings. The second kappa shape index (κ2) is 11.8. The zero-order valence-electron chi connectivity index (χ0n) is 19.2. The molecule has 0 aromatic heterocycles. The summed E-state index contributed by atoms with van der Waals surface area (Å²) in [5.74, 6) is -1.68. The summed E-state index contributed by atoms with van der Waals surface area (Å²) in [6, 6.07) is 1.86. The van der Waals surface area contributed by atoms with Crippen LogP contribution in [0, 0.1) is 11.7 Å². The summed E-state index contributed by atoms with van der Waals surface area (Å²) in [6.45, 7) is 0.300. The van der Waals surface area contributed by atoms with E-state index >= 15 is 0 Å². The average Bonchev–Trinajstić information content (AvgIpc) is 3.61. The maximum Gasteiger partial charge on any atom is 0.573 e. The monoisotopic (exact) mass is 507 g/mol. The summed E-state index contributed by atoms with van der Waals surface area (Å²) >= 11 is 0. The smallest absolute Gasteiger partial charge is 0.447 e. The number of amides is 3. The van der Waals surface area contributed by atoms with Crippen LogP contribution in [0.15, 0.2) is 18.2 Å². The van der Waals surface area contributed by atoms with E-state index < -0.39 is 30.1 Å². The van der Waals surface area contributed by atoms with Gasteiger partial charge >= 0.3 is 18.5 Å². The Labute approximate surface area is 199 Å². The number of alkyl halides is 3. The first-order valence-electron chi connectivity index (χ1n) is 11.2. The topological polar surface area (TPSA) is 101 Å². The van der Waals surface area contributed by atoms with Gasteiger partial charge in [0.1, 0.15) is 18.2 Å². The second-order valence-electron chi connectivity index (χ2n) is 8.55. The van der Waals surface area contributed by atoms with Crippen LogP contribution in [0.2, 0.25) is 0 Å². The lowest BCUT2D eigenvalue weighted by Gasteiger charge is -2.42. The highest BCUT2D eigenvalue weighted by molar-refractivity contribution is 5.75. The van der Waals surface area contributed by atoms with Crippen molar-refractivity contribution in [1.82, 2.24) is 15.1 Å². The number of rotatable bonds is 9. The lowest BCUT2D eigenvalue weighted by Crippen LogP contribution is -2.57. The normalized spacial score (nSPS) is 20.3. The number of methoxy groups -OCH3 is 1. The summed E-state index contributed by atoms with van der Waals surface area (Å²) in [6.07, 6.45) is -3.38. The molecule has 1 heterocycles. The predicted molar refractivity (Wildman–Crippen MR) is 114 cm³/mol. The quantitative estimate of drug-likeness (QED) is 0.499. The van der Waals surface area contributed by atoms with E-state index in [1.165, 1.54) is 4.90 Å². The number of nitrogens with zero attached hydrogens (tertiary/aromatic N) is 2. The number of nitrogens with one attached hydrogen (secondary N) is 1. The number of aliphatic hydroxyl groups excluding tert-OH is 1. The number of aliphatic hydroxyl groups is 1. The Hall–Kier alpha value is -2.80. The number of hydrogen-bond acceptors (Lipinski definition) is 6. The highest BCUT2D eigenvalue weighted by atomic mass is 19.4. The van der Waals surface area contributed by atoms with E-state index in [0.29, 0.717) is 25.6 Å². The molecular weight excluding hydrogens is 478 g/mol. The number of carbonyl (C=O) groups is 2. The fraction of sp³-hybridized carbons (Fsp3) is 0.636. The van der Waals surface area contributed by atoms with Gasteiger partial charge in [-0.05, 0) is 25.3 Å². The van der Waals surface area contributed by atoms with Gasteiger partial charge in [-0.15, -0.1) is 13.2 Å². The van der Waals surface area contributed by atoms with E-state index in [2.05, 4.69) is 10.1 Å². The van der Waals surface area contributed by atoms with E-state index in [9.17, 15) is 27.2 Å². The molecule has 1 saturated heterocycles. The lowest BCUT2D eigenvalue weighted by molar-refractivity contribution is -0.274. The molecule has 0 spiro atoms. The fourth-order valence-electron chi connectivity index (χ4n) is 4.22. The van der Waals surface area contributed by atoms with Crippen molar-refractivity contribution in [2.45, 2.75) is 44.3 Å². The zero-order chi connectivity index (χ0) is 25.6. The third-order valence-electron chi connectivity index (χ3n) is 5.75. The molecule has 3 amide bonds. The molecule has 35 heavy (non-hydrogen) atoms. The molecular formula is C22H29F4N3O6. The average molecular weight is 507 g/mol. The van der Waals surface area contributed by atoms with Crippen molar-refractivity contribution in [2.24, 2.45) is 5.92 Å². The van der Waals surface area contributed by atoms with Crippen molar-refractivity contribution in [3.05, 3.63) is 29.6 Å². The number of piperidine rings is 1. The third-order valence-corrected chi connectivity index (χ3v) is 5.75. The van der Waals surface area contributed by atoms with E-state index in [4.69, 9.17) is 14.6 Å². The van der Waals surface area contributed by atoms with Gasteiger partial charge in [0.2, 0.25) is 0 Å². The molecule has 2 aliphatic rings. The lowest BCUT2D eigenvalue weighted by atomic mass is 9.94. The van der Waals surface area contributed by atoms with Crippen LogP contribution in [0.5, 0.6) is 5.75 Å². The number of carbonyl (C=O) groups excluding carboxylic acids is 2. The van der Waals surface area contributed by atoms with Gasteiger partial charge in [0, 0.05) is 50.3 Å². The van der Waals surface area contributed by atoms with E-state index in [1.807, 2.05) is 0 Å². The zero-order valence-corrected chi connectivity index (χ0v) is 19.2. The molecule has 0 radical (unpaired) electrons. The van der Waals surface area contributed by atoms with Gasteiger partial charge in [-0.3, -0.25) is 0 Å². The molecule has 1 aliphatic heterocycles. The van der Waals surface area contributed by atoms with Crippen LogP contribution in [0.1, 0.15) is 24.8 Å². The molecule has 1 aliphatic carbocycles. The summed E-state index contributed by atoms with van der Waals surface area (Å²) in [4.78, 5) is 28.6. The van der Waals surface area contributed by atoms with Crippen LogP contribution in [0.4, 0.5) is 27.2 Å². The van der Waals surface area contributed by atoms with Crippen molar-refractivity contribution < 1.29 is 46.5 Å². The van der Waals surface area contributed by atoms with Crippen molar-refractivity contribution in [2.75, 3.05) is 40.0 Å². The standard InChI is InChI=1S/C22H29F4N3O6/c1-33-13-14-8-17(12-28(11-14)21(32)34-7-6-30)29(16-3-4-16)20(31)27-10-15-2-5-18(9-19(15)23)35-22(24,25)26/h2,5,9,14,16-17,30H,3-4,6-8,10-13H2,1H3,(H,27,31)/t14-,17+/m0/s1. The van der Waals surface area contributed by atoms with E-state index in [0.717, 1.165) is 25.0 Å². The first kappa shape index (κ1) is 26.8. The molecule has 2 N–H and O–H groups in total. The molecule has 0 bridgehead atoms. The van der Waals surface area contributed by atoms with E-state index in [1.54, 1.807) is 12.0 Å². The van der Waals surface area contributed by atoms with Crippen molar-refractivity contribution >= 4 is 12.1 Å². The van der Waals surface area contributed by atoms with Crippen LogP contribution in [-0.2, 0) is 16.0 Å². The maximum atomic E-state index is 14.3. The third kappa shape index (κ3) is 7.85. The summed E-state index contributed by atoms with van der Waals surface area (Å²) in [7, 11) is 1.54. The Kier molecular flexibility index (Phi) is 9.00. The van der Waals surface area contributed by atoms with Gasteiger partial charge in [0.05, 0.1) is 19.3 Å². The van der Waals surface area contributed by atoms with Crippen molar-refractivity contribution in [3.63, 3.8) is 0 Å². The van der Waals surface area contributed by atoms with Crippen LogP contribution in [0.3, 0.4) is 0 Å². The number of urea groups is 1. The van der Waals surface area contributed by atoms with Gasteiger partial charge < -0.3 is 34.4 Å². The van der Waals surface area contributed by atoms with E-state index in [-0.39, 0.29) is 49.9 Å². The first-order valence-corrected chi connectivity index (χ1v) is 11.2. The Morgan fingerprint density at radius 3 is 2.57 bits per heavy atom. The molecule has 0 unspecified atom stereocenters. The summed E-state index contributed by atoms with van der Waals surface area (Å²) in [5.41, 5.74) is -0.00117. The Bertz CT molecular complexity index is 883. The largest absolute Gasteiger partial charge is 0.573 e. The molecule has 2 fully saturated rings. The Morgan fingerprint density at radius 1 is 1.23 bits per heavy atom. The van der Waals surface area contributed by atoms with Crippen LogP contribution >= 0.6 is 0 Å². The minimum absolute atomic E-state index is 0.00117. The Morgan fingerprint density at radius 2 is 1.97 bits per heavy atom. The van der Waals surface area contributed by atoms with Gasteiger partial charge in [-0.1, -0.05) is 6.07 Å². The predicted octanol–water partition coefficient (Wildman–Crippen LogP) is 2.86. The Balaban J connectivity index is 1.67. The fourth-order valence-corrected chi connectivity index (χ4v) is 4.22. The van der Waals surface area contributed by atoms with Gasteiger partial charge in [-0.25, -0.2) is 14.0 Å². The highest BCUT2D eigenvalue weighted by Crippen LogP contribution is 2.33. The molecule has 2 atom stereocenters. The second-order valence-corrected chi connectivity index (χ2v) is 8.55. The number of benzene rings is 1. The number of hydrogen-bond donors (Lipinski definition) is 2. The maximum absolute atomic E-state index is 14.3. The number of ether oxygens (including phenoxy) is 3. The number of halogens is 4. The van der Waals surface area contributed by atoms with Crippen molar-refractivity contribution in [1.29, 1.82) is 0 Å². The minimum Gasteiger partial charge on any atom is -0.447 e. The molecule has 1 aromatic carbocycles. The SMILES string of the molecule is COC[C@H]1C[C@@H](N(C(=O)NCc2ccc(OC(F)(F)F)cc2F)C2CC2)CN(C(=O)OCCO)C1. The summed E-state index contributed by atoms with van der Waals surface area (Å²) in [5, 5.41) is 11.6. The van der Waals surface area contributed by atoms with Crippen LogP contribution in [0.25, 0.3) is 0 Å². The number of likely N-dealkylation sites (tertiary alicyclic amines) is 1. The molecule has 3 rings (SSSR count). The van der Waals surface area contributed by atoms with Crippen molar-refractivity contribution in [3.8, 4) is 5.75 Å². The van der Waals surface area contributed by atoms with Gasteiger partial charge in [0.15, 0.2) is 0 Å². The molecule has 196 valence electrons. The molecule has 9 nitrogen and oxygen atoms in total. The van der Waals surface area contributed by atoms with Gasteiger partial charge in [-0.2, -0.15) is 0 Å². The first-order chi connectivity index (χ1) is 16.6. The van der Waals surface area contributed by atoms with Crippen LogP contribution in [-0.4, -0.2) is 85.5 Å². The minimum atomic E-state index is -4.94. The highest BCUT2D eigenvalue weighted by Gasteiger charge is 2.42. The molecule has 1 saturated carbocycles. The van der Waals surface area contributed by atoms with Gasteiger partial charge in [0.25, 0.3) is 0 Å². The van der Waals surface area contributed by atoms with Crippen LogP contribution < -0.4 is 10.1 Å².